The average molecular weight is 477 g/mol. The van der Waals surface area contributed by atoms with Crippen molar-refractivity contribution in [2.45, 2.75) is 6.61 Å². The number of rotatable bonds is 7. The van der Waals surface area contributed by atoms with Gasteiger partial charge in [0.1, 0.15) is 12.4 Å². The number of benzene rings is 3. The molecule has 1 aliphatic heterocycles. The van der Waals surface area contributed by atoms with Gasteiger partial charge in [0.2, 0.25) is 5.75 Å². The van der Waals surface area contributed by atoms with E-state index in [0.29, 0.717) is 55.6 Å². The summed E-state index contributed by atoms with van der Waals surface area (Å²) in [6.07, 6.45) is 0. The van der Waals surface area contributed by atoms with Gasteiger partial charge in [-0.3, -0.25) is 9.59 Å². The molecule has 35 heavy (non-hydrogen) atoms. The Morgan fingerprint density at radius 1 is 0.800 bits per heavy atom. The predicted molar refractivity (Wildman–Crippen MR) is 130 cm³/mol. The van der Waals surface area contributed by atoms with Crippen molar-refractivity contribution in [1.29, 1.82) is 0 Å². The maximum Gasteiger partial charge on any atom is 0.257 e. The maximum atomic E-state index is 13.3. The van der Waals surface area contributed by atoms with Crippen molar-refractivity contribution in [3.63, 3.8) is 0 Å². The molecule has 0 aromatic heterocycles. The zero-order valence-electron chi connectivity index (χ0n) is 19.8. The molecule has 8 heteroatoms. The van der Waals surface area contributed by atoms with Gasteiger partial charge in [-0.15, -0.1) is 0 Å². The number of amides is 2. The van der Waals surface area contributed by atoms with Crippen molar-refractivity contribution >= 4 is 11.8 Å². The summed E-state index contributed by atoms with van der Waals surface area (Å²) in [6, 6.07) is 19.5. The molecular formula is C27H28N2O6. The van der Waals surface area contributed by atoms with Crippen molar-refractivity contribution in [2.75, 3.05) is 40.4 Å². The standard InChI is InChI=1S/C27H28N2O6/c1-33-23-16-20(17-24(34-2)25(23)35-18-19-8-4-3-5-9-19)26(31)28-12-14-29(15-13-28)27(32)21-10-6-7-11-22(21)30/h3-11,16-17,30H,12-15,18H2,1-2H3. The van der Waals surface area contributed by atoms with Crippen LogP contribution in [0.25, 0.3) is 0 Å². The molecule has 8 nitrogen and oxygen atoms in total. The number of nitrogens with zero attached hydrogens (tertiary/aromatic N) is 2. The highest BCUT2D eigenvalue weighted by Gasteiger charge is 2.28. The van der Waals surface area contributed by atoms with Crippen molar-refractivity contribution in [1.82, 2.24) is 9.80 Å². The molecular weight excluding hydrogens is 448 g/mol. The van der Waals surface area contributed by atoms with E-state index in [0.717, 1.165) is 5.56 Å². The maximum absolute atomic E-state index is 13.3. The first kappa shape index (κ1) is 23.9. The van der Waals surface area contributed by atoms with E-state index >= 15 is 0 Å². The quantitative estimate of drug-likeness (QED) is 0.561. The van der Waals surface area contributed by atoms with Crippen LogP contribution in [0.4, 0.5) is 0 Å². The molecule has 1 fully saturated rings. The largest absolute Gasteiger partial charge is 0.507 e. The van der Waals surface area contributed by atoms with Crippen LogP contribution in [-0.4, -0.2) is 67.1 Å². The molecule has 182 valence electrons. The van der Waals surface area contributed by atoms with Crippen LogP contribution in [0.1, 0.15) is 26.3 Å². The second-order valence-corrected chi connectivity index (χ2v) is 8.09. The lowest BCUT2D eigenvalue weighted by molar-refractivity contribution is 0.0533. The summed E-state index contributed by atoms with van der Waals surface area (Å²) in [5, 5.41) is 9.98. The monoisotopic (exact) mass is 476 g/mol. The second kappa shape index (κ2) is 10.8. The lowest BCUT2D eigenvalue weighted by Gasteiger charge is -2.35. The van der Waals surface area contributed by atoms with Gasteiger partial charge in [-0.1, -0.05) is 42.5 Å². The molecule has 0 spiro atoms. The van der Waals surface area contributed by atoms with Gasteiger partial charge in [0.05, 0.1) is 19.8 Å². The van der Waals surface area contributed by atoms with E-state index in [-0.39, 0.29) is 23.1 Å². The van der Waals surface area contributed by atoms with Crippen molar-refractivity contribution in [2.24, 2.45) is 0 Å². The zero-order chi connectivity index (χ0) is 24.8. The number of phenolic OH excluding ortho intramolecular Hbond substituents is 1. The molecule has 1 N–H and O–H groups in total. The highest BCUT2D eigenvalue weighted by molar-refractivity contribution is 5.98. The van der Waals surface area contributed by atoms with E-state index < -0.39 is 0 Å². The van der Waals surface area contributed by atoms with E-state index in [1.54, 1.807) is 40.1 Å². The molecule has 3 aromatic rings. The van der Waals surface area contributed by atoms with Crippen LogP contribution in [0.3, 0.4) is 0 Å². The van der Waals surface area contributed by atoms with Crippen LogP contribution in [0, 0.1) is 0 Å². The number of para-hydroxylation sites is 1. The number of carbonyl (C=O) groups excluding carboxylic acids is 2. The van der Waals surface area contributed by atoms with Crippen LogP contribution in [0.2, 0.25) is 0 Å². The van der Waals surface area contributed by atoms with E-state index in [4.69, 9.17) is 14.2 Å². The molecule has 3 aromatic carbocycles. The van der Waals surface area contributed by atoms with Crippen LogP contribution in [0.5, 0.6) is 23.0 Å². The first-order valence-corrected chi connectivity index (χ1v) is 11.3. The summed E-state index contributed by atoms with van der Waals surface area (Å²) in [7, 11) is 3.03. The highest BCUT2D eigenvalue weighted by Crippen LogP contribution is 2.39. The summed E-state index contributed by atoms with van der Waals surface area (Å²) in [5.41, 5.74) is 1.66. The average Bonchev–Trinajstić information content (AvgIpc) is 2.91. The number of hydrogen-bond acceptors (Lipinski definition) is 6. The molecule has 0 saturated carbocycles. The Kier molecular flexibility index (Phi) is 7.40. The smallest absolute Gasteiger partial charge is 0.257 e. The third kappa shape index (κ3) is 5.32. The highest BCUT2D eigenvalue weighted by atomic mass is 16.5. The van der Waals surface area contributed by atoms with Gasteiger partial charge >= 0.3 is 0 Å². The summed E-state index contributed by atoms with van der Waals surface area (Å²) >= 11 is 0. The Hall–Kier alpha value is -4.20. The van der Waals surface area contributed by atoms with E-state index in [9.17, 15) is 14.7 Å². The molecule has 2 amide bonds. The van der Waals surface area contributed by atoms with Crippen LogP contribution >= 0.6 is 0 Å². The van der Waals surface area contributed by atoms with Gasteiger partial charge in [-0.05, 0) is 29.8 Å². The number of piperazine rings is 1. The lowest BCUT2D eigenvalue weighted by atomic mass is 10.1. The molecule has 1 heterocycles. The SMILES string of the molecule is COc1cc(C(=O)N2CCN(C(=O)c3ccccc3O)CC2)cc(OC)c1OCc1ccccc1. The Balaban J connectivity index is 1.45. The fourth-order valence-electron chi connectivity index (χ4n) is 4.00. The van der Waals surface area contributed by atoms with E-state index in [2.05, 4.69) is 0 Å². The van der Waals surface area contributed by atoms with Crippen LogP contribution in [0.15, 0.2) is 66.7 Å². The molecule has 0 radical (unpaired) electrons. The number of hydrogen-bond donors (Lipinski definition) is 1. The number of ether oxygens (including phenoxy) is 3. The van der Waals surface area contributed by atoms with E-state index in [1.165, 1.54) is 20.3 Å². The van der Waals surface area contributed by atoms with Crippen LogP contribution < -0.4 is 14.2 Å². The summed E-state index contributed by atoms with van der Waals surface area (Å²) in [5.74, 6) is 0.733. The van der Waals surface area contributed by atoms with Crippen molar-refractivity contribution in [3.05, 3.63) is 83.4 Å². The summed E-state index contributed by atoms with van der Waals surface area (Å²) in [4.78, 5) is 29.3. The van der Waals surface area contributed by atoms with Crippen molar-refractivity contribution < 1.29 is 28.9 Å². The van der Waals surface area contributed by atoms with Crippen molar-refractivity contribution in [3.8, 4) is 23.0 Å². The van der Waals surface area contributed by atoms with Crippen LogP contribution in [-0.2, 0) is 6.61 Å². The number of aromatic hydroxyl groups is 1. The topological polar surface area (TPSA) is 88.5 Å². The third-order valence-electron chi connectivity index (χ3n) is 5.92. The lowest BCUT2D eigenvalue weighted by Crippen LogP contribution is -2.50. The molecule has 0 aliphatic carbocycles. The third-order valence-corrected chi connectivity index (χ3v) is 5.92. The minimum absolute atomic E-state index is 0.0511. The number of methoxy groups -OCH3 is 2. The Bertz CT molecular complexity index is 1160. The molecule has 4 rings (SSSR count). The van der Waals surface area contributed by atoms with Gasteiger partial charge < -0.3 is 29.1 Å². The van der Waals surface area contributed by atoms with Gasteiger partial charge in [0.15, 0.2) is 11.5 Å². The van der Waals surface area contributed by atoms with Gasteiger partial charge in [-0.25, -0.2) is 0 Å². The first-order chi connectivity index (χ1) is 17.0. The molecule has 0 bridgehead atoms. The van der Waals surface area contributed by atoms with Gasteiger partial charge in [0.25, 0.3) is 11.8 Å². The fraction of sp³-hybridized carbons (Fsp3) is 0.259. The number of carbonyl (C=O) groups is 2. The Morgan fingerprint density at radius 3 is 1.91 bits per heavy atom. The normalized spacial score (nSPS) is 13.3. The minimum Gasteiger partial charge on any atom is -0.507 e. The Morgan fingerprint density at radius 2 is 1.34 bits per heavy atom. The zero-order valence-corrected chi connectivity index (χ0v) is 19.8. The van der Waals surface area contributed by atoms with Gasteiger partial charge in [-0.2, -0.15) is 0 Å². The second-order valence-electron chi connectivity index (χ2n) is 8.09. The predicted octanol–water partition coefficient (Wildman–Crippen LogP) is 3.59. The molecule has 1 aliphatic rings. The minimum atomic E-state index is -0.251. The number of phenols is 1. The van der Waals surface area contributed by atoms with E-state index in [1.807, 2.05) is 30.3 Å². The summed E-state index contributed by atoms with van der Waals surface area (Å²) < 4.78 is 17.0. The molecule has 1 saturated heterocycles. The first-order valence-electron chi connectivity index (χ1n) is 11.3. The fourth-order valence-corrected chi connectivity index (χ4v) is 4.00. The molecule has 0 atom stereocenters. The van der Waals surface area contributed by atoms with Gasteiger partial charge in [0, 0.05) is 31.7 Å². The molecule has 0 unspecified atom stereocenters. The Labute approximate surface area is 204 Å². The summed E-state index contributed by atoms with van der Waals surface area (Å²) in [6.45, 7) is 1.80.